The first kappa shape index (κ1) is 13.6. The molecule has 3 nitrogen and oxygen atoms in total. The minimum atomic E-state index is -0.681. The van der Waals surface area contributed by atoms with E-state index >= 15 is 0 Å². The molecule has 100 valence electrons. The van der Waals surface area contributed by atoms with Crippen LogP contribution >= 0.6 is 11.3 Å². The maximum Gasteiger partial charge on any atom is 0.304 e. The summed E-state index contributed by atoms with van der Waals surface area (Å²) in [5.41, 5.74) is 0. The summed E-state index contributed by atoms with van der Waals surface area (Å²) in [6, 6.07) is 4.95. The molecule has 1 fully saturated rings. The molecular weight excluding hydrogens is 246 g/mol. The minimum Gasteiger partial charge on any atom is -0.481 e. The van der Waals surface area contributed by atoms with Crippen molar-refractivity contribution in [2.75, 3.05) is 6.54 Å². The summed E-state index contributed by atoms with van der Waals surface area (Å²) < 4.78 is 0. The fourth-order valence-corrected chi connectivity index (χ4v) is 3.79. The standard InChI is InChI=1S/C14H21NO2S/c1-3-12-6-7-13(18-12)10(2)15-8-4-5-11(15)9-14(16)17/h6-7,10-11H,3-5,8-9H2,1-2H3,(H,16,17). The molecule has 0 radical (unpaired) electrons. The highest BCUT2D eigenvalue weighted by Gasteiger charge is 2.31. The molecule has 0 aliphatic carbocycles. The van der Waals surface area contributed by atoms with E-state index < -0.39 is 5.97 Å². The first-order valence-electron chi connectivity index (χ1n) is 6.68. The summed E-state index contributed by atoms with van der Waals surface area (Å²) in [6.45, 7) is 5.40. The number of carbonyl (C=O) groups is 1. The molecule has 1 saturated heterocycles. The van der Waals surface area contributed by atoms with Gasteiger partial charge in [-0.15, -0.1) is 11.3 Å². The fourth-order valence-electron chi connectivity index (χ4n) is 2.76. The molecule has 0 spiro atoms. The normalized spacial score (nSPS) is 22.2. The average molecular weight is 267 g/mol. The van der Waals surface area contributed by atoms with Crippen LogP contribution in [-0.4, -0.2) is 28.6 Å². The van der Waals surface area contributed by atoms with E-state index in [-0.39, 0.29) is 12.5 Å². The molecule has 18 heavy (non-hydrogen) atoms. The lowest BCUT2D eigenvalue weighted by Gasteiger charge is -2.29. The number of rotatable bonds is 5. The lowest BCUT2D eigenvalue weighted by Crippen LogP contribution is -2.33. The van der Waals surface area contributed by atoms with E-state index in [1.807, 2.05) is 11.3 Å². The summed E-state index contributed by atoms with van der Waals surface area (Å²) in [6.07, 6.45) is 3.49. The van der Waals surface area contributed by atoms with Crippen LogP contribution in [0.1, 0.15) is 48.9 Å². The van der Waals surface area contributed by atoms with E-state index in [2.05, 4.69) is 30.9 Å². The van der Waals surface area contributed by atoms with Crippen LogP contribution in [0.3, 0.4) is 0 Å². The number of hydrogen-bond donors (Lipinski definition) is 1. The Morgan fingerprint density at radius 3 is 3.00 bits per heavy atom. The predicted octanol–water partition coefficient (Wildman–Crippen LogP) is 3.31. The first-order valence-corrected chi connectivity index (χ1v) is 7.49. The van der Waals surface area contributed by atoms with Gasteiger partial charge in [0, 0.05) is 21.8 Å². The molecule has 4 heteroatoms. The van der Waals surface area contributed by atoms with E-state index in [4.69, 9.17) is 5.11 Å². The van der Waals surface area contributed by atoms with Crippen molar-refractivity contribution in [2.24, 2.45) is 0 Å². The number of carboxylic acid groups (broad SMARTS) is 1. The highest BCUT2D eigenvalue weighted by Crippen LogP contribution is 2.34. The largest absolute Gasteiger partial charge is 0.481 e. The number of likely N-dealkylation sites (tertiary alicyclic amines) is 1. The van der Waals surface area contributed by atoms with E-state index in [1.54, 1.807) is 0 Å². The topological polar surface area (TPSA) is 40.5 Å². The number of aliphatic carboxylic acids is 1. The Kier molecular flexibility index (Phi) is 4.40. The Hall–Kier alpha value is -0.870. The third kappa shape index (κ3) is 2.93. The van der Waals surface area contributed by atoms with Crippen molar-refractivity contribution in [3.63, 3.8) is 0 Å². The first-order chi connectivity index (χ1) is 8.61. The second kappa shape index (κ2) is 5.85. The van der Waals surface area contributed by atoms with Gasteiger partial charge in [0.1, 0.15) is 0 Å². The molecular formula is C14H21NO2S. The van der Waals surface area contributed by atoms with Gasteiger partial charge in [-0.3, -0.25) is 9.69 Å². The monoisotopic (exact) mass is 267 g/mol. The maximum absolute atomic E-state index is 10.9. The van der Waals surface area contributed by atoms with Crippen molar-refractivity contribution >= 4 is 17.3 Å². The van der Waals surface area contributed by atoms with Crippen LogP contribution in [0.4, 0.5) is 0 Å². The van der Waals surface area contributed by atoms with Gasteiger partial charge in [0.05, 0.1) is 6.42 Å². The van der Waals surface area contributed by atoms with E-state index in [0.717, 1.165) is 25.8 Å². The van der Waals surface area contributed by atoms with Gasteiger partial charge in [0.25, 0.3) is 0 Å². The van der Waals surface area contributed by atoms with E-state index in [9.17, 15) is 4.79 Å². The zero-order valence-corrected chi connectivity index (χ0v) is 11.9. The van der Waals surface area contributed by atoms with Gasteiger partial charge in [0.15, 0.2) is 0 Å². The molecule has 1 aliphatic heterocycles. The van der Waals surface area contributed by atoms with Crippen LogP contribution in [0.5, 0.6) is 0 Å². The Morgan fingerprint density at radius 1 is 1.61 bits per heavy atom. The van der Waals surface area contributed by atoms with Crippen molar-refractivity contribution in [3.8, 4) is 0 Å². The number of carboxylic acids is 1. The zero-order valence-electron chi connectivity index (χ0n) is 11.1. The van der Waals surface area contributed by atoms with Crippen LogP contribution in [-0.2, 0) is 11.2 Å². The quantitative estimate of drug-likeness (QED) is 0.889. The fraction of sp³-hybridized carbons (Fsp3) is 0.643. The molecule has 2 heterocycles. The van der Waals surface area contributed by atoms with Crippen molar-refractivity contribution in [2.45, 2.75) is 51.6 Å². The summed E-state index contributed by atoms with van der Waals surface area (Å²) in [5.74, 6) is -0.681. The summed E-state index contributed by atoms with van der Waals surface area (Å²) in [7, 11) is 0. The Labute approximate surface area is 112 Å². The maximum atomic E-state index is 10.9. The third-order valence-corrected chi connectivity index (χ3v) is 5.17. The van der Waals surface area contributed by atoms with Gasteiger partial charge in [-0.2, -0.15) is 0 Å². The average Bonchev–Trinajstić information content (AvgIpc) is 2.95. The van der Waals surface area contributed by atoms with Crippen molar-refractivity contribution in [3.05, 3.63) is 21.9 Å². The van der Waals surface area contributed by atoms with Crippen LogP contribution in [0.15, 0.2) is 12.1 Å². The molecule has 1 aromatic heterocycles. The van der Waals surface area contributed by atoms with Crippen molar-refractivity contribution < 1.29 is 9.90 Å². The lowest BCUT2D eigenvalue weighted by molar-refractivity contribution is -0.138. The Morgan fingerprint density at radius 2 is 2.39 bits per heavy atom. The Balaban J connectivity index is 2.07. The van der Waals surface area contributed by atoms with Gasteiger partial charge in [-0.05, 0) is 44.9 Å². The van der Waals surface area contributed by atoms with Gasteiger partial charge in [-0.25, -0.2) is 0 Å². The number of thiophene rings is 1. The van der Waals surface area contributed by atoms with Crippen LogP contribution in [0, 0.1) is 0 Å². The third-order valence-electron chi connectivity index (χ3n) is 3.77. The molecule has 0 amide bonds. The molecule has 0 saturated carbocycles. The zero-order chi connectivity index (χ0) is 13.1. The molecule has 2 unspecified atom stereocenters. The van der Waals surface area contributed by atoms with Crippen LogP contribution in [0.2, 0.25) is 0 Å². The van der Waals surface area contributed by atoms with Crippen LogP contribution < -0.4 is 0 Å². The lowest BCUT2D eigenvalue weighted by atomic mass is 10.1. The second-order valence-electron chi connectivity index (χ2n) is 4.97. The minimum absolute atomic E-state index is 0.213. The van der Waals surface area contributed by atoms with Crippen molar-refractivity contribution in [1.29, 1.82) is 0 Å². The Bertz CT molecular complexity index is 416. The molecule has 2 rings (SSSR count). The van der Waals surface area contributed by atoms with Crippen LogP contribution in [0.25, 0.3) is 0 Å². The predicted molar refractivity (Wildman–Crippen MR) is 74.1 cm³/mol. The van der Waals surface area contributed by atoms with Gasteiger partial charge in [-0.1, -0.05) is 6.92 Å². The van der Waals surface area contributed by atoms with Gasteiger partial charge < -0.3 is 5.11 Å². The summed E-state index contributed by atoms with van der Waals surface area (Å²) >= 11 is 1.86. The highest BCUT2D eigenvalue weighted by molar-refractivity contribution is 7.12. The summed E-state index contributed by atoms with van der Waals surface area (Å²) in [4.78, 5) is 16.0. The van der Waals surface area contributed by atoms with E-state index in [0.29, 0.717) is 6.04 Å². The number of hydrogen-bond acceptors (Lipinski definition) is 3. The highest BCUT2D eigenvalue weighted by atomic mass is 32.1. The molecule has 0 aromatic carbocycles. The molecule has 1 N–H and O–H groups in total. The number of aryl methyl sites for hydroxylation is 1. The molecule has 0 bridgehead atoms. The second-order valence-corrected chi connectivity index (χ2v) is 6.17. The SMILES string of the molecule is CCc1ccc(C(C)N2CCCC2CC(=O)O)s1. The molecule has 1 aliphatic rings. The van der Waals surface area contributed by atoms with Gasteiger partial charge >= 0.3 is 5.97 Å². The van der Waals surface area contributed by atoms with Gasteiger partial charge in [0.2, 0.25) is 0 Å². The number of nitrogens with zero attached hydrogens (tertiary/aromatic N) is 1. The molecule has 2 atom stereocenters. The molecule has 1 aromatic rings. The summed E-state index contributed by atoms with van der Waals surface area (Å²) in [5, 5.41) is 8.96. The van der Waals surface area contributed by atoms with Crippen molar-refractivity contribution in [1.82, 2.24) is 4.90 Å². The smallest absolute Gasteiger partial charge is 0.304 e. The van der Waals surface area contributed by atoms with E-state index in [1.165, 1.54) is 9.75 Å².